The molecule has 0 bridgehead atoms. The Morgan fingerprint density at radius 3 is 2.67 bits per heavy atom. The lowest BCUT2D eigenvalue weighted by molar-refractivity contribution is -0.143. The number of esters is 1. The van der Waals surface area contributed by atoms with Crippen molar-refractivity contribution in [3.05, 3.63) is 59.7 Å². The molecule has 0 saturated carbocycles. The van der Waals surface area contributed by atoms with Crippen LogP contribution in [-0.4, -0.2) is 24.0 Å². The monoisotopic (exact) mass is 341 g/mol. The van der Waals surface area contributed by atoms with Crippen LogP contribution < -0.4 is 11.1 Å². The topological polar surface area (TPSA) is 94.3 Å². The second kappa shape index (κ2) is 6.67. The third kappa shape index (κ3) is 3.21. The van der Waals surface area contributed by atoms with Gasteiger partial charge in [-0.05, 0) is 23.8 Å². The second-order valence-electron chi connectivity index (χ2n) is 5.07. The second-order valence-corrected chi connectivity index (χ2v) is 6.14. The number of hydrogen-bond acceptors (Lipinski definition) is 6. The molecule has 0 aliphatic rings. The molecule has 7 heteroatoms. The Morgan fingerprint density at radius 1 is 1.21 bits per heavy atom. The van der Waals surface area contributed by atoms with Crippen molar-refractivity contribution in [1.82, 2.24) is 10.3 Å². The van der Waals surface area contributed by atoms with E-state index in [2.05, 4.69) is 10.3 Å². The molecule has 1 atom stereocenters. The summed E-state index contributed by atoms with van der Waals surface area (Å²) in [7, 11) is 1.29. The van der Waals surface area contributed by atoms with Gasteiger partial charge in [-0.2, -0.15) is 0 Å². The summed E-state index contributed by atoms with van der Waals surface area (Å²) in [6.07, 6.45) is 0. The van der Waals surface area contributed by atoms with Crippen molar-refractivity contribution in [3.63, 3.8) is 0 Å². The van der Waals surface area contributed by atoms with E-state index in [4.69, 9.17) is 10.5 Å². The highest BCUT2D eigenvalue weighted by atomic mass is 32.1. The summed E-state index contributed by atoms with van der Waals surface area (Å²) in [6.45, 7) is 0. The molecule has 3 rings (SSSR count). The zero-order valence-electron chi connectivity index (χ0n) is 12.9. The number of nitrogens with one attached hydrogen (secondary N) is 1. The SMILES string of the molecule is COC(=O)[C@@H](NC(=O)c1ccc2sc(N)nc2c1)c1ccccc1. The van der Waals surface area contributed by atoms with E-state index >= 15 is 0 Å². The maximum Gasteiger partial charge on any atom is 0.333 e. The largest absolute Gasteiger partial charge is 0.467 e. The average Bonchev–Trinajstić information content (AvgIpc) is 2.98. The van der Waals surface area contributed by atoms with Gasteiger partial charge in [0.2, 0.25) is 0 Å². The first-order valence-corrected chi connectivity index (χ1v) is 8.00. The van der Waals surface area contributed by atoms with Crippen molar-refractivity contribution in [2.24, 2.45) is 0 Å². The molecular formula is C17H15N3O3S. The molecule has 1 amide bonds. The molecule has 0 aliphatic heterocycles. The average molecular weight is 341 g/mol. The third-order valence-corrected chi connectivity index (χ3v) is 4.38. The Kier molecular flexibility index (Phi) is 4.43. The molecule has 3 N–H and O–H groups in total. The molecule has 0 spiro atoms. The minimum absolute atomic E-state index is 0.386. The van der Waals surface area contributed by atoms with E-state index in [1.54, 1.807) is 42.5 Å². The van der Waals surface area contributed by atoms with Crippen LogP contribution in [0.5, 0.6) is 0 Å². The zero-order chi connectivity index (χ0) is 17.1. The number of nitrogens with zero attached hydrogens (tertiary/aromatic N) is 1. The molecule has 0 unspecified atom stereocenters. The number of carbonyl (C=O) groups is 2. The number of amides is 1. The van der Waals surface area contributed by atoms with Gasteiger partial charge in [0.15, 0.2) is 11.2 Å². The first-order chi connectivity index (χ1) is 11.6. The molecule has 24 heavy (non-hydrogen) atoms. The summed E-state index contributed by atoms with van der Waals surface area (Å²) in [5.74, 6) is -0.920. The van der Waals surface area contributed by atoms with Crippen LogP contribution in [0, 0.1) is 0 Å². The Morgan fingerprint density at radius 2 is 1.96 bits per heavy atom. The first kappa shape index (κ1) is 15.9. The molecule has 3 aromatic rings. The quantitative estimate of drug-likeness (QED) is 0.711. The van der Waals surface area contributed by atoms with Gasteiger partial charge in [-0.25, -0.2) is 9.78 Å². The predicted octanol–water partition coefficient (Wildman–Crippen LogP) is 2.52. The van der Waals surface area contributed by atoms with E-state index in [0.717, 1.165) is 4.70 Å². The molecule has 0 radical (unpaired) electrons. The number of rotatable bonds is 4. The number of ether oxygens (including phenoxy) is 1. The highest BCUT2D eigenvalue weighted by Crippen LogP contribution is 2.24. The molecule has 0 fully saturated rings. The number of aromatic nitrogens is 1. The van der Waals surface area contributed by atoms with Crippen LogP contribution in [0.2, 0.25) is 0 Å². The van der Waals surface area contributed by atoms with Gasteiger partial charge in [0.05, 0.1) is 17.3 Å². The van der Waals surface area contributed by atoms with Crippen LogP contribution >= 0.6 is 11.3 Å². The number of hydrogen-bond donors (Lipinski definition) is 2. The fraction of sp³-hybridized carbons (Fsp3) is 0.118. The predicted molar refractivity (Wildman–Crippen MR) is 92.7 cm³/mol. The zero-order valence-corrected chi connectivity index (χ0v) is 13.7. The molecular weight excluding hydrogens is 326 g/mol. The van der Waals surface area contributed by atoms with E-state index in [-0.39, 0.29) is 5.91 Å². The van der Waals surface area contributed by atoms with Crippen molar-refractivity contribution in [3.8, 4) is 0 Å². The summed E-state index contributed by atoms with van der Waals surface area (Å²) in [5.41, 5.74) is 7.38. The standard InChI is InChI=1S/C17H15N3O3S/c1-23-16(22)14(10-5-3-2-4-6-10)20-15(21)11-7-8-13-12(9-11)19-17(18)24-13/h2-9,14H,1H3,(H2,18,19)(H,20,21)/t14-/m0/s1. The lowest BCUT2D eigenvalue weighted by Gasteiger charge is -2.16. The minimum Gasteiger partial charge on any atom is -0.467 e. The lowest BCUT2D eigenvalue weighted by atomic mass is 10.1. The van der Waals surface area contributed by atoms with Gasteiger partial charge in [-0.3, -0.25) is 4.79 Å². The highest BCUT2D eigenvalue weighted by molar-refractivity contribution is 7.22. The Labute approximate surface area is 142 Å². The molecule has 0 saturated heterocycles. The summed E-state index contributed by atoms with van der Waals surface area (Å²) >= 11 is 1.35. The summed E-state index contributed by atoms with van der Waals surface area (Å²) in [4.78, 5) is 28.7. The summed E-state index contributed by atoms with van der Waals surface area (Å²) < 4.78 is 5.70. The van der Waals surface area contributed by atoms with Crippen LogP contribution in [0.1, 0.15) is 22.0 Å². The van der Waals surface area contributed by atoms with E-state index in [9.17, 15) is 9.59 Å². The molecule has 122 valence electrons. The number of nitrogens with two attached hydrogens (primary N) is 1. The fourth-order valence-electron chi connectivity index (χ4n) is 2.34. The first-order valence-electron chi connectivity index (χ1n) is 7.18. The smallest absolute Gasteiger partial charge is 0.333 e. The van der Waals surface area contributed by atoms with E-state index in [0.29, 0.717) is 21.8 Å². The van der Waals surface area contributed by atoms with Gasteiger partial charge >= 0.3 is 5.97 Å². The van der Waals surface area contributed by atoms with E-state index in [1.165, 1.54) is 18.4 Å². The number of nitrogen functional groups attached to an aromatic ring is 1. The summed E-state index contributed by atoms with van der Waals surface area (Å²) in [5, 5.41) is 3.15. The van der Waals surface area contributed by atoms with E-state index in [1.807, 2.05) is 6.07 Å². The van der Waals surface area contributed by atoms with Gasteiger partial charge in [-0.15, -0.1) is 0 Å². The number of fused-ring (bicyclic) bond motifs is 1. The van der Waals surface area contributed by atoms with Crippen LogP contribution in [0.4, 0.5) is 5.13 Å². The third-order valence-electron chi connectivity index (χ3n) is 3.51. The molecule has 1 heterocycles. The number of carbonyl (C=O) groups excluding carboxylic acids is 2. The fourth-order valence-corrected chi connectivity index (χ4v) is 3.06. The molecule has 0 aliphatic carbocycles. The maximum absolute atomic E-state index is 12.5. The number of anilines is 1. The van der Waals surface area contributed by atoms with Gasteiger partial charge in [0, 0.05) is 5.56 Å². The van der Waals surface area contributed by atoms with Crippen LogP contribution in [0.3, 0.4) is 0 Å². The van der Waals surface area contributed by atoms with Crippen LogP contribution in [0.25, 0.3) is 10.2 Å². The van der Waals surface area contributed by atoms with Gasteiger partial charge < -0.3 is 15.8 Å². The Bertz CT molecular complexity index is 892. The van der Waals surface area contributed by atoms with Gasteiger partial charge in [0.1, 0.15) is 0 Å². The van der Waals surface area contributed by atoms with Crippen molar-refractivity contribution >= 4 is 38.6 Å². The van der Waals surface area contributed by atoms with E-state index < -0.39 is 12.0 Å². The van der Waals surface area contributed by atoms with Crippen LogP contribution in [-0.2, 0) is 9.53 Å². The van der Waals surface area contributed by atoms with Crippen molar-refractivity contribution in [2.45, 2.75) is 6.04 Å². The maximum atomic E-state index is 12.5. The number of thiazole rings is 1. The normalized spacial score (nSPS) is 11.9. The Hall–Kier alpha value is -2.93. The van der Waals surface area contributed by atoms with Crippen LogP contribution in [0.15, 0.2) is 48.5 Å². The lowest BCUT2D eigenvalue weighted by Crippen LogP contribution is -2.34. The van der Waals surface area contributed by atoms with Gasteiger partial charge in [0.25, 0.3) is 5.91 Å². The number of benzene rings is 2. The molecule has 6 nitrogen and oxygen atoms in total. The molecule has 1 aromatic heterocycles. The van der Waals surface area contributed by atoms with Gasteiger partial charge in [-0.1, -0.05) is 41.7 Å². The Balaban J connectivity index is 1.87. The van der Waals surface area contributed by atoms with Crippen molar-refractivity contribution < 1.29 is 14.3 Å². The molecule has 2 aromatic carbocycles. The minimum atomic E-state index is -0.875. The highest BCUT2D eigenvalue weighted by Gasteiger charge is 2.24. The van der Waals surface area contributed by atoms with Crippen molar-refractivity contribution in [1.29, 1.82) is 0 Å². The van der Waals surface area contributed by atoms with Crippen molar-refractivity contribution in [2.75, 3.05) is 12.8 Å². The number of methoxy groups -OCH3 is 1. The summed E-state index contributed by atoms with van der Waals surface area (Å²) in [6, 6.07) is 13.2.